The van der Waals surface area contributed by atoms with Crippen molar-refractivity contribution in [1.29, 1.82) is 10.8 Å². The van der Waals surface area contributed by atoms with Gasteiger partial charge in [0.2, 0.25) is 0 Å². The zero-order valence-corrected chi connectivity index (χ0v) is 8.21. The number of Topliss-reactive ketones (excluding diaryl/α,β-unsaturated/α-hetero) is 1. The molecule has 14 heavy (non-hydrogen) atoms. The molecule has 3 N–H and O–H groups in total. The summed E-state index contributed by atoms with van der Waals surface area (Å²) in [5.74, 6) is -0.523. The lowest BCUT2D eigenvalue weighted by Crippen LogP contribution is -2.39. The molecule has 0 aromatic rings. The monoisotopic (exact) mass is 197 g/mol. The van der Waals surface area contributed by atoms with Gasteiger partial charge in [-0.1, -0.05) is 6.92 Å². The van der Waals surface area contributed by atoms with E-state index in [1.54, 1.807) is 6.92 Å². The molecule has 0 rings (SSSR count). The van der Waals surface area contributed by atoms with Crippen LogP contribution in [-0.4, -0.2) is 35.3 Å². The highest BCUT2D eigenvalue weighted by molar-refractivity contribution is 5.97. The predicted octanol–water partition coefficient (Wildman–Crippen LogP) is 0.804. The van der Waals surface area contributed by atoms with E-state index in [2.05, 4.69) is 11.7 Å². The molecule has 0 aromatic heterocycles. The van der Waals surface area contributed by atoms with Crippen LogP contribution in [-0.2, 0) is 4.79 Å². The second kappa shape index (κ2) is 5.39. The number of carbonyl (C=O) groups excluding carboxylic acids is 1. The Balaban J connectivity index is 4.70. The van der Waals surface area contributed by atoms with E-state index < -0.39 is 5.60 Å². The van der Waals surface area contributed by atoms with Crippen molar-refractivity contribution in [2.24, 2.45) is 4.99 Å². The van der Waals surface area contributed by atoms with Crippen molar-refractivity contribution in [3.8, 4) is 0 Å². The molecule has 0 radical (unpaired) electrons. The molecule has 78 valence electrons. The summed E-state index contributed by atoms with van der Waals surface area (Å²) in [7, 11) is 0. The molecule has 5 nitrogen and oxygen atoms in total. The summed E-state index contributed by atoms with van der Waals surface area (Å²) in [4.78, 5) is 14.4. The molecule has 0 bridgehead atoms. The van der Waals surface area contributed by atoms with E-state index in [9.17, 15) is 9.90 Å². The van der Waals surface area contributed by atoms with Gasteiger partial charge in [0.05, 0.1) is 0 Å². The minimum Gasteiger partial charge on any atom is -0.381 e. The van der Waals surface area contributed by atoms with Crippen LogP contribution < -0.4 is 0 Å². The zero-order chi connectivity index (χ0) is 11.2. The smallest absolute Gasteiger partial charge is 0.152 e. The highest BCUT2D eigenvalue weighted by atomic mass is 16.3. The van der Waals surface area contributed by atoms with E-state index in [1.165, 1.54) is 0 Å². The number of amidine groups is 1. The highest BCUT2D eigenvalue weighted by Crippen LogP contribution is 2.17. The largest absolute Gasteiger partial charge is 0.381 e. The predicted molar refractivity (Wildman–Crippen MR) is 55.5 cm³/mol. The standard InChI is InChI=1S/C9H15N3O2/c1-3-7(13)6-9(14,4-5-10)8(11)12-2/h5,10-11,14H,2-4,6H2,1H3. The molecular formula is C9H15N3O2. The van der Waals surface area contributed by atoms with Crippen molar-refractivity contribution in [3.63, 3.8) is 0 Å². The molecule has 0 amide bonds. The molecule has 0 aliphatic carbocycles. The first-order valence-corrected chi connectivity index (χ1v) is 4.29. The Morgan fingerprint density at radius 1 is 1.71 bits per heavy atom. The molecule has 0 saturated heterocycles. The van der Waals surface area contributed by atoms with E-state index in [-0.39, 0.29) is 24.5 Å². The number of aliphatic hydroxyl groups is 1. The van der Waals surface area contributed by atoms with Crippen molar-refractivity contribution < 1.29 is 9.90 Å². The quantitative estimate of drug-likeness (QED) is 0.433. The average molecular weight is 197 g/mol. The van der Waals surface area contributed by atoms with E-state index in [0.29, 0.717) is 6.42 Å². The molecule has 0 heterocycles. The van der Waals surface area contributed by atoms with Gasteiger partial charge in [0.15, 0.2) is 5.84 Å². The SMILES string of the molecule is C=NC(=N)C(O)(CC=N)CC(=O)CC. The van der Waals surface area contributed by atoms with Crippen molar-refractivity contribution in [3.05, 3.63) is 0 Å². The van der Waals surface area contributed by atoms with Crippen LogP contribution >= 0.6 is 0 Å². The highest BCUT2D eigenvalue weighted by Gasteiger charge is 2.33. The summed E-state index contributed by atoms with van der Waals surface area (Å²) in [6.45, 7) is 4.80. The third-order valence-corrected chi connectivity index (χ3v) is 1.92. The van der Waals surface area contributed by atoms with Crippen molar-refractivity contribution >= 4 is 24.6 Å². The van der Waals surface area contributed by atoms with E-state index in [4.69, 9.17) is 10.8 Å². The first-order valence-electron chi connectivity index (χ1n) is 4.29. The minimum atomic E-state index is -1.66. The van der Waals surface area contributed by atoms with E-state index in [1.807, 2.05) is 0 Å². The summed E-state index contributed by atoms with van der Waals surface area (Å²) in [5, 5.41) is 24.1. The van der Waals surface area contributed by atoms with Crippen LogP contribution in [0, 0.1) is 10.8 Å². The van der Waals surface area contributed by atoms with Gasteiger partial charge in [-0.3, -0.25) is 10.2 Å². The van der Waals surface area contributed by atoms with Crippen molar-refractivity contribution in [2.75, 3.05) is 0 Å². The number of ketones is 1. The molecule has 0 aliphatic rings. The number of nitrogens with one attached hydrogen (secondary N) is 2. The van der Waals surface area contributed by atoms with Gasteiger partial charge in [-0.25, -0.2) is 4.99 Å². The molecule has 0 spiro atoms. The molecule has 0 saturated carbocycles. The third-order valence-electron chi connectivity index (χ3n) is 1.92. The summed E-state index contributed by atoms with van der Waals surface area (Å²) in [5.41, 5.74) is -1.66. The van der Waals surface area contributed by atoms with Crippen LogP contribution in [0.1, 0.15) is 26.2 Å². The van der Waals surface area contributed by atoms with Crippen LogP contribution in [0.2, 0.25) is 0 Å². The van der Waals surface area contributed by atoms with Crippen LogP contribution in [0.3, 0.4) is 0 Å². The summed E-state index contributed by atoms with van der Waals surface area (Å²) < 4.78 is 0. The molecule has 5 heteroatoms. The Bertz CT molecular complexity index is 263. The Morgan fingerprint density at radius 2 is 2.29 bits per heavy atom. The van der Waals surface area contributed by atoms with Gasteiger partial charge in [-0.15, -0.1) is 0 Å². The van der Waals surface area contributed by atoms with Gasteiger partial charge in [-0.05, 0) is 12.9 Å². The maximum Gasteiger partial charge on any atom is 0.152 e. The fourth-order valence-corrected chi connectivity index (χ4v) is 1.02. The number of nitrogens with zero attached hydrogens (tertiary/aromatic N) is 1. The van der Waals surface area contributed by atoms with E-state index >= 15 is 0 Å². The van der Waals surface area contributed by atoms with Gasteiger partial charge >= 0.3 is 0 Å². The number of hydrogen-bond acceptors (Lipinski definition) is 4. The molecular weight excluding hydrogens is 182 g/mol. The summed E-state index contributed by atoms with van der Waals surface area (Å²) in [6.07, 6.45) is 0.987. The minimum absolute atomic E-state index is 0.0867. The number of carbonyl (C=O) groups is 1. The van der Waals surface area contributed by atoms with Crippen molar-refractivity contribution in [1.82, 2.24) is 0 Å². The Labute approximate surface area is 82.9 Å². The maximum absolute atomic E-state index is 11.1. The Kier molecular flexibility index (Phi) is 4.86. The van der Waals surface area contributed by atoms with Crippen LogP contribution in [0.25, 0.3) is 0 Å². The molecule has 0 fully saturated rings. The molecule has 1 atom stereocenters. The fraction of sp³-hybridized carbons (Fsp3) is 0.556. The topological polar surface area (TPSA) is 97.4 Å². The van der Waals surface area contributed by atoms with Crippen LogP contribution in [0.5, 0.6) is 0 Å². The zero-order valence-electron chi connectivity index (χ0n) is 8.21. The number of rotatable bonds is 6. The van der Waals surface area contributed by atoms with Gasteiger partial charge in [0, 0.05) is 19.3 Å². The maximum atomic E-state index is 11.1. The Hall–Kier alpha value is -1.36. The summed E-state index contributed by atoms with van der Waals surface area (Å²) >= 11 is 0. The van der Waals surface area contributed by atoms with Crippen LogP contribution in [0.4, 0.5) is 0 Å². The lowest BCUT2D eigenvalue weighted by Gasteiger charge is -2.23. The van der Waals surface area contributed by atoms with Gasteiger partial charge in [-0.2, -0.15) is 0 Å². The van der Waals surface area contributed by atoms with Gasteiger partial charge in [0.25, 0.3) is 0 Å². The molecule has 0 aromatic carbocycles. The average Bonchev–Trinajstić information content (AvgIpc) is 2.16. The number of aliphatic imine (C=N–C) groups is 1. The molecule has 1 unspecified atom stereocenters. The second-order valence-electron chi connectivity index (χ2n) is 3.02. The van der Waals surface area contributed by atoms with Crippen molar-refractivity contribution in [2.45, 2.75) is 31.8 Å². The first-order chi connectivity index (χ1) is 6.50. The van der Waals surface area contributed by atoms with Gasteiger partial charge in [0.1, 0.15) is 11.4 Å². The first kappa shape index (κ1) is 12.6. The summed E-state index contributed by atoms with van der Waals surface area (Å²) in [6, 6.07) is 0. The number of hydrogen-bond donors (Lipinski definition) is 3. The third kappa shape index (κ3) is 3.18. The lowest BCUT2D eigenvalue weighted by molar-refractivity contribution is -0.121. The fourth-order valence-electron chi connectivity index (χ4n) is 1.02. The molecule has 0 aliphatic heterocycles. The van der Waals surface area contributed by atoms with Crippen LogP contribution in [0.15, 0.2) is 4.99 Å². The second-order valence-corrected chi connectivity index (χ2v) is 3.02. The lowest BCUT2D eigenvalue weighted by atomic mass is 9.91. The van der Waals surface area contributed by atoms with E-state index in [0.717, 1.165) is 6.21 Å². The van der Waals surface area contributed by atoms with Gasteiger partial charge < -0.3 is 10.5 Å². The Morgan fingerprint density at radius 3 is 2.64 bits per heavy atom. The normalized spacial score (nSPS) is 14.1.